The van der Waals surface area contributed by atoms with Crippen LogP contribution >= 0.6 is 0 Å². The van der Waals surface area contributed by atoms with Crippen LogP contribution < -0.4 is 9.88 Å². The van der Waals surface area contributed by atoms with Crippen LogP contribution in [0.5, 0.6) is 5.88 Å². The molecule has 0 aliphatic heterocycles. The van der Waals surface area contributed by atoms with Crippen molar-refractivity contribution in [3.05, 3.63) is 17.4 Å². The number of methoxy groups -OCH3 is 1. The maximum Gasteiger partial charge on any atom is 0.269 e. The predicted molar refractivity (Wildman–Crippen MR) is 47.1 cm³/mol. The summed E-state index contributed by atoms with van der Waals surface area (Å²) >= 11 is 0. The molecule has 2 N–H and O–H groups in total. The topological polar surface area (TPSA) is 82.3 Å². The summed E-state index contributed by atoms with van der Waals surface area (Å²) in [6, 6.07) is 0.330. The summed E-state index contributed by atoms with van der Waals surface area (Å²) in [5, 5.41) is 3.50. The summed E-state index contributed by atoms with van der Waals surface area (Å²) in [7, 11) is -3.42. The van der Waals surface area contributed by atoms with E-state index in [1.807, 2.05) is 0 Å². The number of hydrogen-bond acceptors (Lipinski definition) is 4. The lowest BCUT2D eigenvalue weighted by Crippen LogP contribution is -2.17. The van der Waals surface area contributed by atoms with Crippen LogP contribution in [0.3, 0.4) is 0 Å². The zero-order valence-electron chi connectivity index (χ0n) is 7.95. The van der Waals surface area contributed by atoms with Crippen LogP contribution in [0.4, 0.5) is 13.2 Å². The normalized spacial score (nSPS) is 11.9. The Morgan fingerprint density at radius 2 is 2.06 bits per heavy atom. The molecule has 0 amide bonds. The van der Waals surface area contributed by atoms with Gasteiger partial charge in [-0.05, 0) is 6.07 Å². The minimum absolute atomic E-state index is 0.330. The Balaban J connectivity index is 3.50. The second-order valence-corrected chi connectivity index (χ2v) is 4.20. The van der Waals surface area contributed by atoms with Gasteiger partial charge in [-0.15, -0.1) is 0 Å². The van der Waals surface area contributed by atoms with Crippen molar-refractivity contribution in [3.8, 4) is 5.88 Å². The van der Waals surface area contributed by atoms with Crippen molar-refractivity contribution in [1.29, 1.82) is 0 Å². The van der Waals surface area contributed by atoms with Gasteiger partial charge >= 0.3 is 0 Å². The molecular formula is C7H7F3N2O3S. The van der Waals surface area contributed by atoms with E-state index in [0.29, 0.717) is 6.07 Å². The Kier molecular flexibility index (Phi) is 3.38. The Morgan fingerprint density at radius 3 is 2.44 bits per heavy atom. The van der Waals surface area contributed by atoms with Crippen LogP contribution in [-0.2, 0) is 10.0 Å². The second-order valence-electron chi connectivity index (χ2n) is 2.72. The van der Waals surface area contributed by atoms with Gasteiger partial charge in [0.25, 0.3) is 16.4 Å². The number of alkyl halides is 2. The molecule has 0 aromatic carbocycles. The second kappa shape index (κ2) is 4.26. The van der Waals surface area contributed by atoms with Crippen molar-refractivity contribution in [1.82, 2.24) is 4.98 Å². The third-order valence-electron chi connectivity index (χ3n) is 1.63. The van der Waals surface area contributed by atoms with Crippen LogP contribution in [0, 0.1) is 5.82 Å². The fourth-order valence-electron chi connectivity index (χ4n) is 0.990. The first-order valence-electron chi connectivity index (χ1n) is 3.82. The maximum atomic E-state index is 13.1. The number of halogens is 3. The van der Waals surface area contributed by atoms with E-state index >= 15 is 0 Å². The van der Waals surface area contributed by atoms with Crippen molar-refractivity contribution in [2.24, 2.45) is 5.14 Å². The van der Waals surface area contributed by atoms with Crippen molar-refractivity contribution in [3.63, 3.8) is 0 Å². The molecule has 0 saturated heterocycles. The summed E-state index contributed by atoms with van der Waals surface area (Å²) < 4.78 is 63.9. The van der Waals surface area contributed by atoms with E-state index in [0.717, 1.165) is 7.11 Å². The molecule has 0 unspecified atom stereocenters. The van der Waals surface area contributed by atoms with Gasteiger partial charge in [0.05, 0.1) is 12.7 Å². The molecule has 0 radical (unpaired) electrons. The van der Waals surface area contributed by atoms with Crippen molar-refractivity contribution in [2.45, 2.75) is 11.5 Å². The number of nitrogens with zero attached hydrogens (tertiary/aromatic N) is 1. The number of aromatic nitrogens is 1. The molecule has 1 rings (SSSR count). The highest BCUT2D eigenvalue weighted by atomic mass is 32.2. The molecule has 0 fully saturated rings. The standard InChI is InChI=1S/C7H7F3N2O3S/c1-15-6-3(5(9)10)2-4(8)7(12-6)16(11,13)14/h2,5H,1H3,(H2,11,13,14). The average molecular weight is 256 g/mol. The summed E-state index contributed by atoms with van der Waals surface area (Å²) in [4.78, 5) is 3.09. The molecule has 0 aliphatic carbocycles. The van der Waals surface area contributed by atoms with E-state index < -0.39 is 38.7 Å². The molecule has 90 valence electrons. The van der Waals surface area contributed by atoms with E-state index in [2.05, 4.69) is 14.9 Å². The van der Waals surface area contributed by atoms with Crippen molar-refractivity contribution >= 4 is 10.0 Å². The van der Waals surface area contributed by atoms with Gasteiger partial charge in [0.1, 0.15) is 0 Å². The van der Waals surface area contributed by atoms with E-state index in [4.69, 9.17) is 0 Å². The summed E-state index contributed by atoms with van der Waals surface area (Å²) in [5.74, 6) is -2.13. The van der Waals surface area contributed by atoms with E-state index in [9.17, 15) is 21.6 Å². The summed E-state index contributed by atoms with van der Waals surface area (Å²) in [5.41, 5.74) is -0.840. The third-order valence-corrected chi connectivity index (χ3v) is 2.46. The largest absolute Gasteiger partial charge is 0.481 e. The average Bonchev–Trinajstić information content (AvgIpc) is 2.15. The number of primary sulfonamides is 1. The Bertz CT molecular complexity index is 504. The molecule has 0 spiro atoms. The minimum Gasteiger partial charge on any atom is -0.481 e. The fraction of sp³-hybridized carbons (Fsp3) is 0.286. The number of hydrogen-bond donors (Lipinski definition) is 1. The fourth-order valence-corrected chi connectivity index (χ4v) is 1.53. The molecule has 16 heavy (non-hydrogen) atoms. The highest BCUT2D eigenvalue weighted by Gasteiger charge is 2.24. The van der Waals surface area contributed by atoms with Crippen LogP contribution in [0.1, 0.15) is 12.0 Å². The smallest absolute Gasteiger partial charge is 0.269 e. The minimum atomic E-state index is -4.42. The van der Waals surface area contributed by atoms with E-state index in [1.165, 1.54) is 0 Å². The Labute approximate surface area is 89.1 Å². The van der Waals surface area contributed by atoms with Crippen LogP contribution in [0.25, 0.3) is 0 Å². The third kappa shape index (κ3) is 2.42. The van der Waals surface area contributed by atoms with Gasteiger partial charge in [0, 0.05) is 0 Å². The molecule has 0 saturated carbocycles. The Hall–Kier alpha value is -1.35. The molecule has 1 heterocycles. The van der Waals surface area contributed by atoms with Gasteiger partial charge in [-0.2, -0.15) is 4.98 Å². The van der Waals surface area contributed by atoms with Crippen molar-refractivity contribution in [2.75, 3.05) is 7.11 Å². The van der Waals surface area contributed by atoms with Gasteiger partial charge in [0.15, 0.2) is 5.82 Å². The van der Waals surface area contributed by atoms with Gasteiger partial charge < -0.3 is 4.74 Å². The first kappa shape index (κ1) is 12.7. The molecule has 0 atom stereocenters. The molecule has 9 heteroatoms. The quantitative estimate of drug-likeness (QED) is 0.867. The number of rotatable bonds is 3. The lowest BCUT2D eigenvalue weighted by atomic mass is 10.3. The van der Waals surface area contributed by atoms with Crippen LogP contribution in [0.15, 0.2) is 11.1 Å². The predicted octanol–water partition coefficient (Wildman–Crippen LogP) is 0.814. The maximum absolute atomic E-state index is 13.1. The molecule has 1 aromatic rings. The molecular weight excluding hydrogens is 249 g/mol. The number of sulfonamides is 1. The number of ether oxygens (including phenoxy) is 1. The van der Waals surface area contributed by atoms with Gasteiger partial charge in [-0.3, -0.25) is 0 Å². The SMILES string of the molecule is COc1nc(S(N)(=O)=O)c(F)cc1C(F)F. The highest BCUT2D eigenvalue weighted by molar-refractivity contribution is 7.89. The van der Waals surface area contributed by atoms with Crippen LogP contribution in [0.2, 0.25) is 0 Å². The Morgan fingerprint density at radius 1 is 1.50 bits per heavy atom. The summed E-state index contributed by atoms with van der Waals surface area (Å²) in [6.07, 6.45) is -3.04. The first-order chi connectivity index (χ1) is 7.27. The van der Waals surface area contributed by atoms with Gasteiger partial charge in [-0.25, -0.2) is 26.7 Å². The molecule has 0 bridgehead atoms. The summed E-state index contributed by atoms with van der Waals surface area (Å²) in [6.45, 7) is 0. The molecule has 0 aliphatic rings. The van der Waals surface area contributed by atoms with Crippen molar-refractivity contribution < 1.29 is 26.3 Å². The first-order valence-corrected chi connectivity index (χ1v) is 5.37. The zero-order chi connectivity index (χ0) is 12.5. The molecule has 1 aromatic heterocycles. The lowest BCUT2D eigenvalue weighted by Gasteiger charge is -2.08. The lowest BCUT2D eigenvalue weighted by molar-refractivity contribution is 0.145. The number of nitrogens with two attached hydrogens (primary N) is 1. The van der Waals surface area contributed by atoms with Crippen LogP contribution in [-0.4, -0.2) is 20.5 Å². The highest BCUT2D eigenvalue weighted by Crippen LogP contribution is 2.29. The monoisotopic (exact) mass is 256 g/mol. The number of pyridine rings is 1. The van der Waals surface area contributed by atoms with Gasteiger partial charge in [0.2, 0.25) is 10.9 Å². The van der Waals surface area contributed by atoms with E-state index in [-0.39, 0.29) is 0 Å². The zero-order valence-corrected chi connectivity index (χ0v) is 8.76. The van der Waals surface area contributed by atoms with Gasteiger partial charge in [-0.1, -0.05) is 0 Å². The molecule has 5 nitrogen and oxygen atoms in total. The van der Waals surface area contributed by atoms with E-state index in [1.54, 1.807) is 0 Å².